The van der Waals surface area contributed by atoms with E-state index in [1.165, 1.54) is 32.1 Å². The lowest BCUT2D eigenvalue weighted by Crippen LogP contribution is -2.31. The van der Waals surface area contributed by atoms with Gasteiger partial charge in [-0.25, -0.2) is 0 Å². The molecule has 1 aliphatic rings. The Kier molecular flexibility index (Phi) is 4.83. The molecule has 104 valence electrons. The van der Waals surface area contributed by atoms with E-state index in [9.17, 15) is 4.79 Å². The van der Waals surface area contributed by atoms with Crippen LogP contribution in [0.4, 0.5) is 0 Å². The quantitative estimate of drug-likeness (QED) is 0.775. The fourth-order valence-corrected chi connectivity index (χ4v) is 2.67. The molecule has 1 aromatic rings. The van der Waals surface area contributed by atoms with Crippen molar-refractivity contribution in [3.05, 3.63) is 29.7 Å². The number of carbonyl (C=O) groups is 1. The zero-order valence-corrected chi connectivity index (χ0v) is 11.9. The van der Waals surface area contributed by atoms with Gasteiger partial charge in [0.1, 0.15) is 11.5 Å². The number of hydrogen-bond acceptors (Lipinski definition) is 2. The Balaban J connectivity index is 1.83. The second kappa shape index (κ2) is 6.60. The molecule has 3 nitrogen and oxygen atoms in total. The van der Waals surface area contributed by atoms with Crippen molar-refractivity contribution in [2.75, 3.05) is 13.6 Å². The molecule has 0 aromatic carbocycles. The summed E-state index contributed by atoms with van der Waals surface area (Å²) in [5.74, 6) is 2.33. The summed E-state index contributed by atoms with van der Waals surface area (Å²) in [7, 11) is 1.88. The van der Waals surface area contributed by atoms with Crippen LogP contribution in [0.3, 0.4) is 0 Å². The number of likely N-dealkylation sites (N-methyl/N-ethyl adjacent to an activating group) is 1. The summed E-state index contributed by atoms with van der Waals surface area (Å²) in [6.45, 7) is 2.77. The van der Waals surface area contributed by atoms with Crippen LogP contribution < -0.4 is 0 Å². The number of nitrogens with zero attached hydrogens (tertiary/aromatic N) is 1. The van der Waals surface area contributed by atoms with E-state index in [2.05, 4.69) is 0 Å². The highest BCUT2D eigenvalue weighted by Gasteiger charge is 2.16. The average molecular weight is 261 g/mol. The van der Waals surface area contributed by atoms with Gasteiger partial charge in [0.05, 0.1) is 0 Å². The maximum Gasteiger partial charge on any atom is 0.246 e. The van der Waals surface area contributed by atoms with Crippen LogP contribution in [0.1, 0.15) is 43.6 Å². The van der Waals surface area contributed by atoms with E-state index >= 15 is 0 Å². The summed E-state index contributed by atoms with van der Waals surface area (Å²) in [4.78, 5) is 13.8. The van der Waals surface area contributed by atoms with E-state index in [0.717, 1.165) is 18.1 Å². The molecule has 0 N–H and O–H groups in total. The minimum absolute atomic E-state index is 0.0552. The lowest BCUT2D eigenvalue weighted by Gasteiger charge is -2.26. The van der Waals surface area contributed by atoms with E-state index in [1.807, 2.05) is 31.0 Å². The van der Waals surface area contributed by atoms with Crippen molar-refractivity contribution in [2.45, 2.75) is 39.0 Å². The van der Waals surface area contributed by atoms with Crippen LogP contribution in [0.25, 0.3) is 6.08 Å². The number of aryl methyl sites for hydroxylation is 1. The lowest BCUT2D eigenvalue weighted by atomic mass is 9.89. The summed E-state index contributed by atoms with van der Waals surface area (Å²) in [5, 5.41) is 0. The van der Waals surface area contributed by atoms with Crippen LogP contribution in [0.15, 0.2) is 22.6 Å². The molecule has 0 radical (unpaired) electrons. The molecule has 1 saturated carbocycles. The molecule has 0 spiro atoms. The van der Waals surface area contributed by atoms with Crippen molar-refractivity contribution < 1.29 is 9.21 Å². The van der Waals surface area contributed by atoms with E-state index in [1.54, 1.807) is 12.2 Å². The average Bonchev–Trinajstić information content (AvgIpc) is 2.83. The number of amides is 1. The monoisotopic (exact) mass is 261 g/mol. The van der Waals surface area contributed by atoms with Crippen LogP contribution in [0, 0.1) is 12.8 Å². The summed E-state index contributed by atoms with van der Waals surface area (Å²) in [6.07, 6.45) is 9.85. The third-order valence-electron chi connectivity index (χ3n) is 3.78. The van der Waals surface area contributed by atoms with Gasteiger partial charge in [0.25, 0.3) is 0 Å². The molecule has 0 saturated heterocycles. The van der Waals surface area contributed by atoms with Gasteiger partial charge >= 0.3 is 0 Å². The third-order valence-corrected chi connectivity index (χ3v) is 3.78. The maximum absolute atomic E-state index is 12.0. The van der Waals surface area contributed by atoms with Crippen LogP contribution in [0.5, 0.6) is 0 Å². The Morgan fingerprint density at radius 1 is 1.37 bits per heavy atom. The fourth-order valence-electron chi connectivity index (χ4n) is 2.67. The molecule has 0 atom stereocenters. The van der Waals surface area contributed by atoms with Gasteiger partial charge < -0.3 is 9.32 Å². The van der Waals surface area contributed by atoms with Gasteiger partial charge in [-0.05, 0) is 43.9 Å². The topological polar surface area (TPSA) is 33.5 Å². The molecule has 3 heteroatoms. The van der Waals surface area contributed by atoms with Crippen LogP contribution in [0.2, 0.25) is 0 Å². The van der Waals surface area contributed by atoms with E-state index in [4.69, 9.17) is 4.42 Å². The zero-order valence-electron chi connectivity index (χ0n) is 11.9. The second-order valence-corrected chi connectivity index (χ2v) is 5.50. The van der Waals surface area contributed by atoms with Crippen molar-refractivity contribution >= 4 is 12.0 Å². The first-order valence-corrected chi connectivity index (χ1v) is 7.15. The summed E-state index contributed by atoms with van der Waals surface area (Å²) >= 11 is 0. The van der Waals surface area contributed by atoms with Gasteiger partial charge in [0, 0.05) is 19.7 Å². The molecule has 1 aliphatic carbocycles. The van der Waals surface area contributed by atoms with E-state index < -0.39 is 0 Å². The van der Waals surface area contributed by atoms with Crippen molar-refractivity contribution in [3.8, 4) is 0 Å². The number of hydrogen-bond donors (Lipinski definition) is 0. The molecule has 1 aromatic heterocycles. The molecular formula is C16H23NO2. The first-order chi connectivity index (χ1) is 9.15. The molecule has 0 aliphatic heterocycles. The van der Waals surface area contributed by atoms with E-state index in [0.29, 0.717) is 5.92 Å². The normalized spacial score (nSPS) is 16.9. The molecule has 1 fully saturated rings. The van der Waals surface area contributed by atoms with Crippen LogP contribution >= 0.6 is 0 Å². The highest BCUT2D eigenvalue weighted by molar-refractivity contribution is 5.91. The van der Waals surface area contributed by atoms with E-state index in [-0.39, 0.29) is 5.91 Å². The van der Waals surface area contributed by atoms with Crippen molar-refractivity contribution in [3.63, 3.8) is 0 Å². The predicted molar refractivity (Wildman–Crippen MR) is 76.7 cm³/mol. The van der Waals surface area contributed by atoms with Gasteiger partial charge in [0.15, 0.2) is 0 Å². The van der Waals surface area contributed by atoms with Gasteiger partial charge in [-0.1, -0.05) is 19.3 Å². The molecule has 19 heavy (non-hydrogen) atoms. The SMILES string of the molecule is Cc1ccc(/C=C/C(=O)N(C)CC2CCCCC2)o1. The van der Waals surface area contributed by atoms with Gasteiger partial charge in [-0.15, -0.1) is 0 Å². The number of carbonyl (C=O) groups excluding carboxylic acids is 1. The molecule has 1 amide bonds. The molecule has 0 unspecified atom stereocenters. The smallest absolute Gasteiger partial charge is 0.246 e. The second-order valence-electron chi connectivity index (χ2n) is 5.50. The minimum Gasteiger partial charge on any atom is -0.462 e. The van der Waals surface area contributed by atoms with Crippen molar-refractivity contribution in [2.24, 2.45) is 5.92 Å². The Labute approximate surface area is 115 Å². The van der Waals surface area contributed by atoms with Crippen molar-refractivity contribution in [1.29, 1.82) is 0 Å². The molecule has 2 rings (SSSR count). The van der Waals surface area contributed by atoms with Crippen LogP contribution in [-0.4, -0.2) is 24.4 Å². The minimum atomic E-state index is 0.0552. The number of furan rings is 1. The van der Waals surface area contributed by atoms with Gasteiger partial charge in [-0.2, -0.15) is 0 Å². The standard InChI is InChI=1S/C16H23NO2/c1-13-8-9-15(19-13)10-11-16(18)17(2)12-14-6-4-3-5-7-14/h8-11,14H,3-7,12H2,1-2H3/b11-10+. The lowest BCUT2D eigenvalue weighted by molar-refractivity contribution is -0.125. The third kappa shape index (κ3) is 4.27. The largest absolute Gasteiger partial charge is 0.462 e. The Morgan fingerprint density at radius 2 is 2.11 bits per heavy atom. The summed E-state index contributed by atoms with van der Waals surface area (Å²) in [6, 6.07) is 3.77. The Bertz CT molecular complexity index is 441. The Morgan fingerprint density at radius 3 is 2.74 bits per heavy atom. The van der Waals surface area contributed by atoms with Gasteiger partial charge in [0.2, 0.25) is 5.91 Å². The highest BCUT2D eigenvalue weighted by atomic mass is 16.3. The molecular weight excluding hydrogens is 238 g/mol. The highest BCUT2D eigenvalue weighted by Crippen LogP contribution is 2.24. The maximum atomic E-state index is 12.0. The van der Waals surface area contributed by atoms with Crippen molar-refractivity contribution in [1.82, 2.24) is 4.90 Å². The Hall–Kier alpha value is -1.51. The zero-order chi connectivity index (χ0) is 13.7. The molecule has 0 bridgehead atoms. The first kappa shape index (κ1) is 13.9. The number of rotatable bonds is 4. The first-order valence-electron chi connectivity index (χ1n) is 7.15. The summed E-state index contributed by atoms with van der Waals surface area (Å²) < 4.78 is 5.41. The predicted octanol–water partition coefficient (Wildman–Crippen LogP) is 3.64. The molecule has 1 heterocycles. The van der Waals surface area contributed by atoms with Crippen LogP contribution in [-0.2, 0) is 4.79 Å². The fraction of sp³-hybridized carbons (Fsp3) is 0.562. The van der Waals surface area contributed by atoms with Gasteiger partial charge in [-0.3, -0.25) is 4.79 Å². The summed E-state index contributed by atoms with van der Waals surface area (Å²) in [5.41, 5.74) is 0.